The van der Waals surface area contributed by atoms with Crippen LogP contribution in [0.25, 0.3) is 5.76 Å². The maximum atomic E-state index is 14.1. The molecular formula is C29H37N5O8. The predicted molar refractivity (Wildman–Crippen MR) is 153 cm³/mol. The Kier molecular flexibility index (Phi) is 7.32. The minimum atomic E-state index is -2.72. The molecule has 4 aliphatic rings. The number of nitrogens with zero attached hydrogens (tertiary/aromatic N) is 3. The van der Waals surface area contributed by atoms with Gasteiger partial charge in [-0.3, -0.25) is 29.0 Å². The van der Waals surface area contributed by atoms with Crippen molar-refractivity contribution < 1.29 is 39.6 Å². The molecule has 3 aliphatic carbocycles. The van der Waals surface area contributed by atoms with Gasteiger partial charge in [0.2, 0.25) is 11.7 Å². The van der Waals surface area contributed by atoms with Gasteiger partial charge in [-0.15, -0.1) is 0 Å². The summed E-state index contributed by atoms with van der Waals surface area (Å²) in [7, 11) is 6.63. The van der Waals surface area contributed by atoms with Crippen molar-refractivity contribution in [3.05, 3.63) is 34.1 Å². The second kappa shape index (κ2) is 10.4. The highest BCUT2D eigenvalue weighted by molar-refractivity contribution is 6.24. The fourth-order valence-corrected chi connectivity index (χ4v) is 7.12. The van der Waals surface area contributed by atoms with Crippen LogP contribution in [0.4, 0.5) is 11.4 Å². The van der Waals surface area contributed by atoms with Gasteiger partial charge in [-0.05, 0) is 70.4 Å². The molecule has 4 atom stereocenters. The molecule has 2 fully saturated rings. The second-order valence-electron chi connectivity index (χ2n) is 12.0. The molecular weight excluding hydrogens is 546 g/mol. The smallest absolute Gasteiger partial charge is 0.255 e. The average molecular weight is 584 g/mol. The van der Waals surface area contributed by atoms with Gasteiger partial charge in [0.1, 0.15) is 22.8 Å². The Hall–Kier alpha value is -3.94. The lowest BCUT2D eigenvalue weighted by Crippen LogP contribution is -2.65. The predicted octanol–water partition coefficient (Wildman–Crippen LogP) is 0.0643. The van der Waals surface area contributed by atoms with E-state index in [0.717, 1.165) is 25.9 Å². The Balaban J connectivity index is 1.64. The van der Waals surface area contributed by atoms with E-state index in [0.29, 0.717) is 11.3 Å². The molecule has 0 unspecified atom stereocenters. The Labute approximate surface area is 242 Å². The van der Waals surface area contributed by atoms with Gasteiger partial charge in [0.15, 0.2) is 11.4 Å². The fourth-order valence-electron chi connectivity index (χ4n) is 7.12. The van der Waals surface area contributed by atoms with E-state index in [-0.39, 0.29) is 42.1 Å². The number of Topliss-reactive ketones (excluding diaryl/α,β-unsaturated/α-hetero) is 2. The number of fused-ring (bicyclic) bond motifs is 3. The van der Waals surface area contributed by atoms with Gasteiger partial charge in [0.25, 0.3) is 5.91 Å². The molecule has 1 saturated heterocycles. The normalized spacial score (nSPS) is 27.6. The fraction of sp³-hybridized carbons (Fsp3) is 0.517. The van der Waals surface area contributed by atoms with Crippen molar-refractivity contribution in [1.29, 1.82) is 0 Å². The zero-order valence-electron chi connectivity index (χ0n) is 24.1. The van der Waals surface area contributed by atoms with Gasteiger partial charge in [0, 0.05) is 31.3 Å². The van der Waals surface area contributed by atoms with Crippen LogP contribution < -0.4 is 16.0 Å². The topological polar surface area (TPSA) is 197 Å². The SMILES string of the molecule is CN(C)c1cc(NC(=O)CN2CCCC2)c(O)c2c1C[C@H]1C[C@H]3[C@H](N(C)C)C(=O)C(C(N)=O)=C(O)[C@@]3(O)C(=O)C1=C2O. The Morgan fingerprint density at radius 1 is 1.12 bits per heavy atom. The number of amides is 2. The number of likely N-dealkylation sites (tertiary alicyclic amines) is 1. The summed E-state index contributed by atoms with van der Waals surface area (Å²) in [5.41, 5.74) is 2.62. The molecule has 1 heterocycles. The lowest BCUT2D eigenvalue weighted by Gasteiger charge is -2.50. The number of hydrogen-bond donors (Lipinski definition) is 6. The maximum Gasteiger partial charge on any atom is 0.255 e. The summed E-state index contributed by atoms with van der Waals surface area (Å²) in [6, 6.07) is 0.452. The van der Waals surface area contributed by atoms with Crippen molar-refractivity contribution in [2.45, 2.75) is 37.3 Å². The first-order chi connectivity index (χ1) is 19.7. The quantitative estimate of drug-likeness (QED) is 0.196. The summed E-state index contributed by atoms with van der Waals surface area (Å²) in [5.74, 6) is -7.57. The number of phenolic OH excluding ortho intramolecular Hbond substituents is 1. The number of likely N-dealkylation sites (N-methyl/N-ethyl adjacent to an activating group) is 1. The molecule has 0 radical (unpaired) electrons. The van der Waals surface area contributed by atoms with Gasteiger partial charge >= 0.3 is 0 Å². The molecule has 1 aliphatic heterocycles. The molecule has 5 rings (SSSR count). The number of nitrogens with two attached hydrogens (primary N) is 1. The van der Waals surface area contributed by atoms with E-state index >= 15 is 0 Å². The summed E-state index contributed by atoms with van der Waals surface area (Å²) in [6.07, 6.45) is 2.15. The number of rotatable bonds is 6. The first-order valence-corrected chi connectivity index (χ1v) is 13.9. The Morgan fingerprint density at radius 2 is 1.76 bits per heavy atom. The number of hydrogen-bond acceptors (Lipinski definition) is 11. The molecule has 42 heavy (non-hydrogen) atoms. The number of carbonyl (C=O) groups is 4. The van der Waals surface area contributed by atoms with E-state index in [9.17, 15) is 39.6 Å². The standard InChI is InChI=1S/C29H37N5O8/c1-32(2)17-11-16(31-18(35)12-34-7-5-6-8-34)23(36)20-14(17)9-13-10-15-22(33(3)4)25(38)21(28(30)41)27(40)29(15,42)26(39)19(13)24(20)37/h11,13,15,22,36-37,40,42H,5-10,12H2,1-4H3,(H2,30,41)(H,31,35)/t13-,15-,22-,29-/m0/s1. The second-order valence-corrected chi connectivity index (χ2v) is 12.0. The van der Waals surface area contributed by atoms with E-state index in [1.165, 1.54) is 4.90 Å². The molecule has 0 spiro atoms. The summed E-state index contributed by atoms with van der Waals surface area (Å²) in [4.78, 5) is 57.5. The van der Waals surface area contributed by atoms with Gasteiger partial charge < -0.3 is 36.4 Å². The molecule has 1 saturated carbocycles. The molecule has 13 heteroatoms. The summed E-state index contributed by atoms with van der Waals surface area (Å²) < 4.78 is 0. The highest BCUT2D eigenvalue weighted by Gasteiger charge is 2.64. The zero-order chi connectivity index (χ0) is 30.8. The maximum absolute atomic E-state index is 14.1. The molecule has 1 aromatic carbocycles. The van der Waals surface area contributed by atoms with Gasteiger partial charge in [0.05, 0.1) is 23.8 Å². The largest absolute Gasteiger partial charge is 0.508 e. The van der Waals surface area contributed by atoms with E-state index in [2.05, 4.69) is 5.32 Å². The third kappa shape index (κ3) is 4.34. The number of aliphatic hydroxyl groups excluding tert-OH is 2. The van der Waals surface area contributed by atoms with Crippen molar-refractivity contribution in [3.63, 3.8) is 0 Å². The molecule has 226 valence electrons. The molecule has 7 N–H and O–H groups in total. The minimum absolute atomic E-state index is 0.00624. The van der Waals surface area contributed by atoms with Crippen molar-refractivity contribution in [2.24, 2.45) is 17.6 Å². The zero-order valence-corrected chi connectivity index (χ0v) is 24.1. The van der Waals surface area contributed by atoms with Crippen LogP contribution in [0.2, 0.25) is 0 Å². The van der Waals surface area contributed by atoms with E-state index in [1.807, 2.05) is 4.90 Å². The van der Waals surface area contributed by atoms with Gasteiger partial charge in [-0.1, -0.05) is 0 Å². The number of nitrogens with one attached hydrogen (secondary N) is 1. The third-order valence-electron chi connectivity index (χ3n) is 9.02. The van der Waals surface area contributed by atoms with Crippen LogP contribution in [-0.4, -0.2) is 113 Å². The highest BCUT2D eigenvalue weighted by atomic mass is 16.3. The summed E-state index contributed by atoms with van der Waals surface area (Å²) >= 11 is 0. The van der Waals surface area contributed by atoms with Crippen molar-refractivity contribution in [2.75, 3.05) is 58.0 Å². The van der Waals surface area contributed by atoms with E-state index in [4.69, 9.17) is 5.73 Å². The minimum Gasteiger partial charge on any atom is -0.508 e. The number of benzene rings is 1. The average Bonchev–Trinajstić information content (AvgIpc) is 3.40. The first-order valence-electron chi connectivity index (χ1n) is 13.9. The van der Waals surface area contributed by atoms with Crippen LogP contribution >= 0.6 is 0 Å². The van der Waals surface area contributed by atoms with Crippen LogP contribution in [0.5, 0.6) is 5.75 Å². The number of carbonyl (C=O) groups excluding carboxylic acids is 4. The lowest BCUT2D eigenvalue weighted by atomic mass is 9.57. The van der Waals surface area contributed by atoms with E-state index in [1.54, 1.807) is 39.2 Å². The monoisotopic (exact) mass is 583 g/mol. The number of phenols is 1. The molecule has 2 amide bonds. The van der Waals surface area contributed by atoms with Crippen LogP contribution in [-0.2, 0) is 25.6 Å². The Morgan fingerprint density at radius 3 is 2.33 bits per heavy atom. The van der Waals surface area contributed by atoms with Crippen LogP contribution in [0, 0.1) is 11.8 Å². The molecule has 0 bridgehead atoms. The van der Waals surface area contributed by atoms with E-state index < -0.39 is 63.8 Å². The highest BCUT2D eigenvalue weighted by Crippen LogP contribution is 2.54. The van der Waals surface area contributed by atoms with Crippen molar-refractivity contribution in [1.82, 2.24) is 9.80 Å². The first kappa shape index (κ1) is 29.5. The number of ketones is 2. The molecule has 13 nitrogen and oxygen atoms in total. The number of anilines is 2. The molecule has 1 aromatic rings. The third-order valence-corrected chi connectivity index (χ3v) is 9.02. The molecule has 0 aromatic heterocycles. The number of primary amides is 1. The van der Waals surface area contributed by atoms with Crippen LogP contribution in [0.1, 0.15) is 30.4 Å². The number of aromatic hydroxyl groups is 1. The summed E-state index contributed by atoms with van der Waals surface area (Å²) in [6.45, 7) is 1.73. The summed E-state index contributed by atoms with van der Waals surface area (Å²) in [5, 5.41) is 48.4. The van der Waals surface area contributed by atoms with Gasteiger partial charge in [-0.25, -0.2) is 0 Å². The van der Waals surface area contributed by atoms with Crippen molar-refractivity contribution >= 4 is 40.5 Å². The van der Waals surface area contributed by atoms with Crippen LogP contribution in [0.15, 0.2) is 23.0 Å². The Bertz CT molecular complexity index is 1460. The van der Waals surface area contributed by atoms with Crippen molar-refractivity contribution in [3.8, 4) is 5.75 Å². The van der Waals surface area contributed by atoms with Crippen LogP contribution in [0.3, 0.4) is 0 Å². The lowest BCUT2D eigenvalue weighted by molar-refractivity contribution is -0.153. The number of aliphatic hydroxyl groups is 3. The van der Waals surface area contributed by atoms with Gasteiger partial charge in [-0.2, -0.15) is 0 Å².